The summed E-state index contributed by atoms with van der Waals surface area (Å²) >= 11 is 0. The second-order valence-corrected chi connectivity index (χ2v) is 8.61. The minimum absolute atomic E-state index is 0.0948. The highest BCUT2D eigenvalue weighted by atomic mass is 32.2. The number of aliphatic carboxylic acids is 1. The molecule has 2 heterocycles. The van der Waals surface area contributed by atoms with Gasteiger partial charge in [0, 0.05) is 26.7 Å². The molecule has 0 unspecified atom stereocenters. The van der Waals surface area contributed by atoms with E-state index in [4.69, 9.17) is 0 Å². The smallest absolute Gasteiger partial charge is 0.480 e. The number of aromatic nitrogens is 4. The number of tetrazole rings is 1. The number of amides is 1. The van der Waals surface area contributed by atoms with Gasteiger partial charge in [0.2, 0.25) is 15.9 Å². The Morgan fingerprint density at radius 3 is 2.41 bits per heavy atom. The van der Waals surface area contributed by atoms with E-state index in [-0.39, 0.29) is 25.3 Å². The zero-order chi connectivity index (χ0) is 23.7. The summed E-state index contributed by atoms with van der Waals surface area (Å²) < 4.78 is 68.4. The highest BCUT2D eigenvalue weighted by Crippen LogP contribution is 2.27. The molecular formula is C16H17F3N6O6S. The van der Waals surface area contributed by atoms with Crippen molar-refractivity contribution >= 4 is 21.9 Å². The number of hydrogen-bond donors (Lipinski definition) is 1. The van der Waals surface area contributed by atoms with Crippen molar-refractivity contribution in [2.24, 2.45) is 7.05 Å². The fraction of sp³-hybridized carbons (Fsp3) is 0.438. The van der Waals surface area contributed by atoms with Crippen LogP contribution in [0.1, 0.15) is 5.82 Å². The molecule has 0 aliphatic carbocycles. The van der Waals surface area contributed by atoms with Crippen LogP contribution in [0.2, 0.25) is 0 Å². The van der Waals surface area contributed by atoms with E-state index in [1.54, 1.807) is 0 Å². The van der Waals surface area contributed by atoms with E-state index in [2.05, 4.69) is 20.3 Å². The third-order valence-electron chi connectivity index (χ3n) is 4.65. The average Bonchev–Trinajstić information content (AvgIpc) is 3.11. The van der Waals surface area contributed by atoms with E-state index >= 15 is 0 Å². The second kappa shape index (κ2) is 8.70. The highest BCUT2D eigenvalue weighted by Gasteiger charge is 2.41. The SMILES string of the molecule is Cn1nnnc1CC(=O)N1CCN(S(=O)(=O)c2ccc(OC(F)(F)F)cc2)[C@@H](C(=O)O)C1. The van der Waals surface area contributed by atoms with Crippen LogP contribution in [0.3, 0.4) is 0 Å². The molecule has 2 aromatic rings. The Kier molecular flexibility index (Phi) is 6.36. The van der Waals surface area contributed by atoms with Gasteiger partial charge in [0.05, 0.1) is 11.3 Å². The van der Waals surface area contributed by atoms with E-state index in [1.807, 2.05) is 0 Å². The number of carboxylic acid groups (broad SMARTS) is 1. The quantitative estimate of drug-likeness (QED) is 0.587. The molecule has 1 saturated heterocycles. The summed E-state index contributed by atoms with van der Waals surface area (Å²) in [4.78, 5) is 25.1. The van der Waals surface area contributed by atoms with Crippen molar-refractivity contribution in [3.63, 3.8) is 0 Å². The van der Waals surface area contributed by atoms with Crippen molar-refractivity contribution in [3.8, 4) is 5.75 Å². The first kappa shape index (κ1) is 23.4. The van der Waals surface area contributed by atoms with Crippen LogP contribution in [0.25, 0.3) is 0 Å². The Balaban J connectivity index is 1.76. The third-order valence-corrected chi connectivity index (χ3v) is 6.57. The Hall–Kier alpha value is -3.27. The number of piperazine rings is 1. The monoisotopic (exact) mass is 478 g/mol. The lowest BCUT2D eigenvalue weighted by Gasteiger charge is -2.38. The Morgan fingerprint density at radius 1 is 1.22 bits per heavy atom. The summed E-state index contributed by atoms with van der Waals surface area (Å²) in [5.41, 5.74) is 0. The maximum Gasteiger partial charge on any atom is 0.573 e. The first-order valence-electron chi connectivity index (χ1n) is 8.98. The predicted molar refractivity (Wildman–Crippen MR) is 97.5 cm³/mol. The van der Waals surface area contributed by atoms with E-state index in [1.165, 1.54) is 16.6 Å². The number of carboxylic acids is 1. The molecule has 0 spiro atoms. The Labute approximate surface area is 179 Å². The molecule has 16 heteroatoms. The molecular weight excluding hydrogens is 461 g/mol. The number of nitrogens with zero attached hydrogens (tertiary/aromatic N) is 6. The number of carbonyl (C=O) groups excluding carboxylic acids is 1. The molecule has 0 bridgehead atoms. The molecule has 12 nitrogen and oxygen atoms in total. The van der Waals surface area contributed by atoms with Gasteiger partial charge in [-0.3, -0.25) is 9.59 Å². The van der Waals surface area contributed by atoms with Crippen LogP contribution >= 0.6 is 0 Å². The molecule has 1 aliphatic heterocycles. The minimum atomic E-state index is -4.95. The minimum Gasteiger partial charge on any atom is -0.480 e. The number of sulfonamides is 1. The molecule has 1 aromatic carbocycles. The van der Waals surface area contributed by atoms with Crippen molar-refractivity contribution in [2.45, 2.75) is 23.7 Å². The van der Waals surface area contributed by atoms with Gasteiger partial charge < -0.3 is 14.7 Å². The van der Waals surface area contributed by atoms with Gasteiger partial charge in [0.15, 0.2) is 5.82 Å². The molecule has 1 aliphatic rings. The summed E-state index contributed by atoms with van der Waals surface area (Å²) in [7, 11) is -2.86. The number of ether oxygens (including phenoxy) is 1. The molecule has 174 valence electrons. The third kappa shape index (κ3) is 5.13. The van der Waals surface area contributed by atoms with Crippen molar-refractivity contribution in [1.29, 1.82) is 0 Å². The second-order valence-electron chi connectivity index (χ2n) is 6.72. The van der Waals surface area contributed by atoms with Crippen molar-refractivity contribution < 1.29 is 41.0 Å². The number of halogens is 3. The van der Waals surface area contributed by atoms with Crippen LogP contribution in [0.5, 0.6) is 5.75 Å². The van der Waals surface area contributed by atoms with Gasteiger partial charge in [-0.15, -0.1) is 18.3 Å². The van der Waals surface area contributed by atoms with E-state index in [0.717, 1.165) is 24.3 Å². The molecule has 1 aromatic heterocycles. The summed E-state index contributed by atoms with van der Waals surface area (Å²) in [5, 5.41) is 20.2. The van der Waals surface area contributed by atoms with E-state index in [0.29, 0.717) is 4.31 Å². The molecule has 1 fully saturated rings. The first-order chi connectivity index (χ1) is 14.9. The number of benzene rings is 1. The standard InChI is InChI=1S/C16H17F3N6O6S/c1-23-13(20-21-22-23)8-14(26)24-6-7-25(12(9-24)15(27)28)32(29,30)11-4-2-10(3-5-11)31-16(17,18)19/h2-5,12H,6-9H2,1H3,(H,27,28)/t12-/m1/s1. The van der Waals surface area contributed by atoms with Gasteiger partial charge >= 0.3 is 12.3 Å². The number of alkyl halides is 3. The van der Waals surface area contributed by atoms with Crippen molar-refractivity contribution in [3.05, 3.63) is 30.1 Å². The lowest BCUT2D eigenvalue weighted by Crippen LogP contribution is -2.59. The molecule has 0 saturated carbocycles. The summed E-state index contributed by atoms with van der Waals surface area (Å²) in [6.07, 6.45) is -5.15. The number of hydrogen-bond acceptors (Lipinski definition) is 8. The average molecular weight is 478 g/mol. The molecule has 1 amide bonds. The summed E-state index contributed by atoms with van der Waals surface area (Å²) in [5.74, 6) is -2.35. The fourth-order valence-electron chi connectivity index (χ4n) is 3.08. The zero-order valence-corrected chi connectivity index (χ0v) is 17.2. The first-order valence-corrected chi connectivity index (χ1v) is 10.4. The normalized spacial score (nSPS) is 17.9. The lowest BCUT2D eigenvalue weighted by molar-refractivity contribution is -0.274. The highest BCUT2D eigenvalue weighted by molar-refractivity contribution is 7.89. The van der Waals surface area contributed by atoms with Crippen LogP contribution in [-0.2, 0) is 33.1 Å². The summed E-state index contributed by atoms with van der Waals surface area (Å²) in [6.45, 7) is -0.848. The van der Waals surface area contributed by atoms with Gasteiger partial charge in [-0.2, -0.15) is 4.31 Å². The van der Waals surface area contributed by atoms with Gasteiger partial charge in [-0.1, -0.05) is 0 Å². The van der Waals surface area contributed by atoms with Crippen molar-refractivity contribution in [2.75, 3.05) is 19.6 Å². The maximum atomic E-state index is 12.9. The lowest BCUT2D eigenvalue weighted by atomic mass is 10.2. The van der Waals surface area contributed by atoms with Gasteiger partial charge in [-0.25, -0.2) is 13.1 Å². The van der Waals surface area contributed by atoms with Crippen LogP contribution in [0.4, 0.5) is 13.2 Å². The fourth-order valence-corrected chi connectivity index (χ4v) is 4.64. The van der Waals surface area contributed by atoms with Gasteiger partial charge in [0.1, 0.15) is 11.8 Å². The Morgan fingerprint density at radius 2 is 1.88 bits per heavy atom. The maximum absolute atomic E-state index is 12.9. The van der Waals surface area contributed by atoms with E-state index < -0.39 is 51.5 Å². The van der Waals surface area contributed by atoms with Gasteiger partial charge in [-0.05, 0) is 34.7 Å². The largest absolute Gasteiger partial charge is 0.573 e. The number of carbonyl (C=O) groups is 2. The Bertz CT molecular complexity index is 1100. The van der Waals surface area contributed by atoms with Gasteiger partial charge in [0.25, 0.3) is 0 Å². The molecule has 1 atom stereocenters. The summed E-state index contributed by atoms with van der Waals surface area (Å²) in [6, 6.07) is 1.79. The van der Waals surface area contributed by atoms with Crippen LogP contribution in [0.15, 0.2) is 29.2 Å². The molecule has 0 radical (unpaired) electrons. The van der Waals surface area contributed by atoms with Crippen LogP contribution in [0, 0.1) is 0 Å². The number of rotatable bonds is 6. The van der Waals surface area contributed by atoms with Crippen LogP contribution in [-0.4, -0.2) is 86.9 Å². The predicted octanol–water partition coefficient (Wildman–Crippen LogP) is -0.362. The number of aryl methyl sites for hydroxylation is 1. The topological polar surface area (TPSA) is 148 Å². The van der Waals surface area contributed by atoms with Crippen molar-refractivity contribution in [1.82, 2.24) is 29.4 Å². The zero-order valence-electron chi connectivity index (χ0n) is 16.4. The molecule has 3 rings (SSSR count). The molecule has 32 heavy (non-hydrogen) atoms. The molecule has 1 N–H and O–H groups in total. The van der Waals surface area contributed by atoms with E-state index in [9.17, 15) is 36.3 Å². The van der Waals surface area contributed by atoms with Crippen LogP contribution < -0.4 is 4.74 Å².